The van der Waals surface area contributed by atoms with Gasteiger partial charge in [-0.05, 0) is 18.0 Å². The van der Waals surface area contributed by atoms with E-state index in [2.05, 4.69) is 14.8 Å². The molecule has 198 valence electrons. The number of aromatic amines is 1. The van der Waals surface area contributed by atoms with Crippen molar-refractivity contribution in [3.05, 3.63) is 79.4 Å². The lowest BCUT2D eigenvalue weighted by Gasteiger charge is -2.24. The quantitative estimate of drug-likeness (QED) is 0.0646. The summed E-state index contributed by atoms with van der Waals surface area (Å²) >= 11 is 0. The Hall–Kier alpha value is -3.46. The van der Waals surface area contributed by atoms with Crippen molar-refractivity contribution in [3.63, 3.8) is 0 Å². The van der Waals surface area contributed by atoms with Crippen molar-refractivity contribution in [3.8, 4) is 0 Å². The second-order valence-corrected chi connectivity index (χ2v) is 8.50. The summed E-state index contributed by atoms with van der Waals surface area (Å²) in [6.45, 7) is 0.769. The van der Waals surface area contributed by atoms with E-state index in [0.717, 1.165) is 22.4 Å². The molecule has 1 unspecified atom stereocenters. The summed E-state index contributed by atoms with van der Waals surface area (Å²) in [5, 5.41) is 24.2. The van der Waals surface area contributed by atoms with Crippen LogP contribution >= 0.6 is 8.17 Å². The number of rotatable bonds is 11. The van der Waals surface area contributed by atoms with Gasteiger partial charge in [0, 0.05) is 28.3 Å². The summed E-state index contributed by atoms with van der Waals surface area (Å²) < 4.78 is 19.7. The molecule has 0 amide bonds. The molecule has 1 aliphatic rings. The monoisotopic (exact) mass is 538 g/mol. The summed E-state index contributed by atoms with van der Waals surface area (Å²) in [5.41, 5.74) is 5.68. The van der Waals surface area contributed by atoms with Gasteiger partial charge in [0.2, 0.25) is 5.72 Å². The Bertz CT molecular complexity index is 1280. The fraction of sp³-hybridized carbons (Fsp3) is 0.450. The van der Waals surface area contributed by atoms with E-state index >= 15 is 0 Å². The molecule has 1 aliphatic heterocycles. The van der Waals surface area contributed by atoms with Crippen molar-refractivity contribution in [1.82, 2.24) is 9.55 Å². The van der Waals surface area contributed by atoms with Gasteiger partial charge in [0.15, 0.2) is 12.3 Å². The van der Waals surface area contributed by atoms with Crippen molar-refractivity contribution in [1.29, 1.82) is 0 Å². The predicted molar refractivity (Wildman–Crippen MR) is 122 cm³/mol. The lowest BCUT2D eigenvalue weighted by Crippen LogP contribution is -2.45. The average Bonchev–Trinajstić information content (AvgIpc) is 3.10. The lowest BCUT2D eigenvalue weighted by atomic mass is 10.1. The lowest BCUT2D eigenvalue weighted by molar-refractivity contribution is -0.291. The fourth-order valence-corrected chi connectivity index (χ4v) is 4.05. The van der Waals surface area contributed by atoms with Gasteiger partial charge in [-0.3, -0.25) is 14.3 Å². The second-order valence-electron chi connectivity index (χ2n) is 7.64. The number of aromatic nitrogens is 2. The van der Waals surface area contributed by atoms with Crippen LogP contribution in [-0.2, 0) is 30.3 Å². The van der Waals surface area contributed by atoms with Crippen LogP contribution in [0, 0.1) is 0 Å². The molecule has 1 aromatic carbocycles. The molecule has 0 bridgehead atoms. The van der Waals surface area contributed by atoms with Gasteiger partial charge in [0.05, 0.1) is 6.61 Å². The molecule has 0 radical (unpaired) electrons. The Balaban J connectivity index is 1.73. The number of H-pyrrole nitrogens is 1. The van der Waals surface area contributed by atoms with E-state index in [-0.39, 0.29) is 13.0 Å². The Morgan fingerprint density at radius 1 is 1.35 bits per heavy atom. The highest BCUT2D eigenvalue weighted by Gasteiger charge is 2.56. The molecule has 6 atom stereocenters. The predicted octanol–water partition coefficient (Wildman–Crippen LogP) is -0.228. The molecular formula is C20H23N6O10P. The summed E-state index contributed by atoms with van der Waals surface area (Å²) in [4.78, 5) is 57.4. The van der Waals surface area contributed by atoms with Crippen LogP contribution in [0.25, 0.3) is 10.4 Å². The normalized spacial score (nSPS) is 24.3. The number of hydrogen-bond acceptors (Lipinski definition) is 12. The smallest absolute Gasteiger partial charge is 0.382 e. The molecule has 3 rings (SSSR count). The number of nitrogens with zero attached hydrogens (tertiary/aromatic N) is 5. The van der Waals surface area contributed by atoms with Gasteiger partial charge in [-0.15, -0.1) is 0 Å². The molecule has 0 saturated carbocycles. The van der Waals surface area contributed by atoms with E-state index in [0.29, 0.717) is 0 Å². The van der Waals surface area contributed by atoms with E-state index in [1.54, 1.807) is 37.3 Å². The van der Waals surface area contributed by atoms with Crippen molar-refractivity contribution in [2.24, 2.45) is 9.86 Å². The molecule has 0 aliphatic carbocycles. The molecule has 16 nitrogen and oxygen atoms in total. The zero-order chi connectivity index (χ0) is 27.0. The van der Waals surface area contributed by atoms with Crippen LogP contribution in [0.3, 0.4) is 0 Å². The summed E-state index contributed by atoms with van der Waals surface area (Å²) in [6, 6.07) is 8.55. The number of hydrogen-bond donors (Lipinski definition) is 3. The number of nitrogens with one attached hydrogen (secondary N) is 1. The molecule has 1 fully saturated rings. The first kappa shape index (κ1) is 28.1. The standard InChI is InChI=1S/C20H23N6O10P/c1-2-33-18(30)13(10-12-6-4-3-5-7-12)23-37(32)36-34-11-20(24-25-21)16(29)15(28)17(35-20)26-9-8-14(27)22-19(26)31/h3-9,13,15-17,28-29H,2,10-11H2,1H3,(H,22,27,31)/t13-,15+,16-,17+,20+/m0/s1. The number of aliphatic hydroxyl groups excluding tert-OH is 2. The highest BCUT2D eigenvalue weighted by Crippen LogP contribution is 2.38. The number of azide groups is 1. The first-order chi connectivity index (χ1) is 17.7. The van der Waals surface area contributed by atoms with Gasteiger partial charge >= 0.3 is 19.8 Å². The Kier molecular flexibility index (Phi) is 9.63. The minimum absolute atomic E-state index is 0.0659. The second kappa shape index (κ2) is 12.7. The summed E-state index contributed by atoms with van der Waals surface area (Å²) in [7, 11) is -2.98. The largest absolute Gasteiger partial charge is 0.581 e. The topological polar surface area (TPSA) is 233 Å². The number of esters is 1. The van der Waals surface area contributed by atoms with Crippen LogP contribution < -0.4 is 16.1 Å². The van der Waals surface area contributed by atoms with Crippen LogP contribution in [0.1, 0.15) is 18.7 Å². The van der Waals surface area contributed by atoms with E-state index in [4.69, 9.17) is 24.6 Å². The Morgan fingerprint density at radius 2 is 2.08 bits per heavy atom. The number of carbonyl (C=O) groups excluding carboxylic acids is 1. The molecule has 1 saturated heterocycles. The van der Waals surface area contributed by atoms with Crippen LogP contribution in [0.15, 0.2) is 62.0 Å². The molecule has 37 heavy (non-hydrogen) atoms. The van der Waals surface area contributed by atoms with Gasteiger partial charge in [-0.25, -0.2) is 9.59 Å². The first-order valence-electron chi connectivity index (χ1n) is 10.8. The van der Waals surface area contributed by atoms with Gasteiger partial charge < -0.3 is 24.6 Å². The number of ether oxygens (including phenoxy) is 2. The maximum absolute atomic E-state index is 12.4. The molecule has 0 spiro atoms. The van der Waals surface area contributed by atoms with E-state index < -0.39 is 62.2 Å². The highest BCUT2D eigenvalue weighted by molar-refractivity contribution is 7.33. The zero-order valence-corrected chi connectivity index (χ0v) is 20.2. The van der Waals surface area contributed by atoms with Crippen molar-refractivity contribution in [2.45, 2.75) is 43.5 Å². The molecular weight excluding hydrogens is 515 g/mol. The molecule has 2 aromatic rings. The summed E-state index contributed by atoms with van der Waals surface area (Å²) in [6.07, 6.45) is -4.27. The van der Waals surface area contributed by atoms with Crippen molar-refractivity contribution in [2.75, 3.05) is 13.2 Å². The number of carbonyl (C=O) groups is 1. The van der Waals surface area contributed by atoms with Crippen LogP contribution in [0.5, 0.6) is 0 Å². The minimum atomic E-state index is -2.98. The van der Waals surface area contributed by atoms with Gasteiger partial charge in [0.1, 0.15) is 18.8 Å². The third-order valence-electron chi connectivity index (χ3n) is 5.19. The molecule has 2 heterocycles. The minimum Gasteiger partial charge on any atom is -0.581 e. The average molecular weight is 538 g/mol. The number of aliphatic hydroxyl groups is 2. The maximum atomic E-state index is 12.4. The van der Waals surface area contributed by atoms with Gasteiger partial charge in [0.25, 0.3) is 5.56 Å². The molecule has 1 aromatic heterocycles. The maximum Gasteiger partial charge on any atom is 0.382 e. The summed E-state index contributed by atoms with van der Waals surface area (Å²) in [5.74, 6) is -0.740. The van der Waals surface area contributed by atoms with Crippen LogP contribution in [0.2, 0.25) is 0 Å². The van der Waals surface area contributed by atoms with E-state index in [1.807, 2.05) is 4.98 Å². The molecule has 17 heteroatoms. The highest BCUT2D eigenvalue weighted by atomic mass is 31.1. The van der Waals surface area contributed by atoms with Crippen LogP contribution in [-0.4, -0.2) is 62.9 Å². The zero-order valence-electron chi connectivity index (χ0n) is 19.3. The Morgan fingerprint density at radius 3 is 2.73 bits per heavy atom. The molecule has 3 N–H and O–H groups in total. The van der Waals surface area contributed by atoms with Crippen LogP contribution in [0.4, 0.5) is 0 Å². The Labute approximate surface area is 209 Å². The third-order valence-corrected chi connectivity index (χ3v) is 5.89. The first-order valence-corrected chi connectivity index (χ1v) is 11.9. The van der Waals surface area contributed by atoms with Crippen molar-refractivity contribution < 1.29 is 38.9 Å². The van der Waals surface area contributed by atoms with E-state index in [1.165, 1.54) is 0 Å². The van der Waals surface area contributed by atoms with Gasteiger partial charge in [-0.2, -0.15) is 4.89 Å². The van der Waals surface area contributed by atoms with E-state index in [9.17, 15) is 29.5 Å². The van der Waals surface area contributed by atoms with Crippen molar-refractivity contribution >= 4 is 14.1 Å². The fourth-order valence-electron chi connectivity index (χ4n) is 3.46. The SMILES string of the molecule is CCOC(=O)[C@H](Cc1ccccc1)N=[P+]([O-])OOC[C@@]1(N=[N+]=[N-])O[C@@H](n2ccc(=O)[nH]c2=O)[C@H](O)[C@@H]1O. The third kappa shape index (κ3) is 6.85. The van der Waals surface area contributed by atoms with Gasteiger partial charge in [-0.1, -0.05) is 40.2 Å². The number of benzene rings is 1.